The van der Waals surface area contributed by atoms with Crippen molar-refractivity contribution in [2.45, 2.75) is 44.7 Å². The quantitative estimate of drug-likeness (QED) is 0.504. The van der Waals surface area contributed by atoms with Gasteiger partial charge in [0.2, 0.25) is 5.91 Å². The molecule has 0 bridgehead atoms. The van der Waals surface area contributed by atoms with Crippen LogP contribution in [0.2, 0.25) is 0 Å². The van der Waals surface area contributed by atoms with Gasteiger partial charge in [-0.25, -0.2) is 9.67 Å². The molecule has 1 unspecified atom stereocenters. The van der Waals surface area contributed by atoms with E-state index in [1.165, 1.54) is 15.8 Å². The maximum atomic E-state index is 11.7. The lowest BCUT2D eigenvalue weighted by Gasteiger charge is -2.15. The van der Waals surface area contributed by atoms with Crippen LogP contribution in [-0.2, 0) is 4.79 Å². The lowest BCUT2D eigenvalue weighted by molar-refractivity contribution is -0.121. The van der Waals surface area contributed by atoms with Crippen LogP contribution in [0.1, 0.15) is 38.6 Å². The Hall–Kier alpha value is -3.06. The molecule has 2 aromatic heterocycles. The van der Waals surface area contributed by atoms with Gasteiger partial charge in [0.05, 0.1) is 33.7 Å². The van der Waals surface area contributed by atoms with E-state index in [0.717, 1.165) is 36.0 Å². The number of benzene rings is 2. The van der Waals surface area contributed by atoms with E-state index in [0.29, 0.717) is 6.42 Å². The van der Waals surface area contributed by atoms with Crippen molar-refractivity contribution in [2.24, 2.45) is 0 Å². The van der Waals surface area contributed by atoms with Crippen LogP contribution in [-0.4, -0.2) is 31.9 Å². The Labute approximate surface area is 179 Å². The van der Waals surface area contributed by atoms with Gasteiger partial charge in [-0.15, -0.1) is 16.4 Å². The van der Waals surface area contributed by atoms with Gasteiger partial charge in [-0.05, 0) is 42.5 Å². The SMILES string of the molecule is CCC(=O)N[C@H]1CCC(n2nncc2-c2ccc(-c3ccc4ncsc4c3)cc2)C1. The van der Waals surface area contributed by atoms with Crippen LogP contribution in [0.5, 0.6) is 0 Å². The van der Waals surface area contributed by atoms with E-state index in [1.54, 1.807) is 11.3 Å². The number of thiazole rings is 1. The lowest BCUT2D eigenvalue weighted by Crippen LogP contribution is -2.32. The number of hydrogen-bond acceptors (Lipinski definition) is 5. The fourth-order valence-electron chi connectivity index (χ4n) is 4.23. The Morgan fingerprint density at radius 3 is 2.77 bits per heavy atom. The second kappa shape index (κ2) is 7.99. The first-order valence-corrected chi connectivity index (χ1v) is 11.2. The molecule has 1 aliphatic carbocycles. The summed E-state index contributed by atoms with van der Waals surface area (Å²) >= 11 is 1.66. The molecule has 7 heteroatoms. The van der Waals surface area contributed by atoms with E-state index < -0.39 is 0 Å². The monoisotopic (exact) mass is 417 g/mol. The van der Waals surface area contributed by atoms with Crippen LogP contribution in [0.15, 0.2) is 54.2 Å². The maximum Gasteiger partial charge on any atom is 0.219 e. The van der Waals surface area contributed by atoms with Crippen LogP contribution in [0.25, 0.3) is 32.6 Å². The summed E-state index contributed by atoms with van der Waals surface area (Å²) in [7, 11) is 0. The summed E-state index contributed by atoms with van der Waals surface area (Å²) in [5, 5.41) is 11.7. The minimum absolute atomic E-state index is 0.117. The van der Waals surface area contributed by atoms with E-state index in [4.69, 9.17) is 0 Å². The molecule has 6 nitrogen and oxygen atoms in total. The molecule has 0 aliphatic heterocycles. The van der Waals surface area contributed by atoms with Gasteiger partial charge in [0, 0.05) is 18.0 Å². The maximum absolute atomic E-state index is 11.7. The first-order chi connectivity index (χ1) is 14.7. The first kappa shape index (κ1) is 18.9. The molecular formula is C23H23N5OS. The molecule has 2 atom stereocenters. The van der Waals surface area contributed by atoms with Gasteiger partial charge < -0.3 is 5.32 Å². The lowest BCUT2D eigenvalue weighted by atomic mass is 10.0. The molecule has 1 fully saturated rings. The van der Waals surface area contributed by atoms with Crippen molar-refractivity contribution in [2.75, 3.05) is 0 Å². The molecule has 0 spiro atoms. The Morgan fingerprint density at radius 2 is 1.93 bits per heavy atom. The fraction of sp³-hybridized carbons (Fsp3) is 0.304. The molecule has 2 aromatic carbocycles. The van der Waals surface area contributed by atoms with Gasteiger partial charge in [-0.3, -0.25) is 4.79 Å². The highest BCUT2D eigenvalue weighted by atomic mass is 32.1. The molecule has 2 heterocycles. The molecular weight excluding hydrogens is 394 g/mol. The molecule has 30 heavy (non-hydrogen) atoms. The third-order valence-electron chi connectivity index (χ3n) is 5.86. The molecule has 152 valence electrons. The summed E-state index contributed by atoms with van der Waals surface area (Å²) in [6.07, 6.45) is 5.23. The Bertz CT molecular complexity index is 1180. The van der Waals surface area contributed by atoms with Crippen LogP contribution in [0, 0.1) is 0 Å². The van der Waals surface area contributed by atoms with Crippen molar-refractivity contribution in [1.29, 1.82) is 0 Å². The third-order valence-corrected chi connectivity index (χ3v) is 6.65. The van der Waals surface area contributed by atoms with Gasteiger partial charge in [-0.2, -0.15) is 0 Å². The smallest absolute Gasteiger partial charge is 0.219 e. The van der Waals surface area contributed by atoms with Crippen molar-refractivity contribution in [3.63, 3.8) is 0 Å². The molecule has 0 saturated heterocycles. The number of nitrogens with one attached hydrogen (secondary N) is 1. The van der Waals surface area contributed by atoms with E-state index in [1.807, 2.05) is 23.3 Å². The van der Waals surface area contributed by atoms with Gasteiger partial charge in [-0.1, -0.05) is 42.5 Å². The highest BCUT2D eigenvalue weighted by Gasteiger charge is 2.29. The standard InChI is InChI=1S/C23H23N5OS/c1-2-23(29)26-18-8-9-19(12-18)28-21(13-25-27-28)16-5-3-15(4-6-16)17-7-10-20-22(11-17)30-14-24-20/h3-7,10-11,13-14,18-19H,2,8-9,12H2,1H3,(H,26,29)/t18-,19?/m0/s1. The van der Waals surface area contributed by atoms with Crippen LogP contribution in [0.3, 0.4) is 0 Å². The average Bonchev–Trinajstić information content (AvgIpc) is 3.53. The summed E-state index contributed by atoms with van der Waals surface area (Å²) in [6, 6.07) is 15.4. The second-order valence-corrected chi connectivity index (χ2v) is 8.65. The minimum atomic E-state index is 0.117. The topological polar surface area (TPSA) is 72.7 Å². The van der Waals surface area contributed by atoms with Crippen molar-refractivity contribution < 1.29 is 4.79 Å². The number of carbonyl (C=O) groups is 1. The molecule has 1 N–H and O–H groups in total. The Balaban J connectivity index is 1.36. The van der Waals surface area contributed by atoms with Gasteiger partial charge >= 0.3 is 0 Å². The van der Waals surface area contributed by atoms with E-state index >= 15 is 0 Å². The molecule has 1 amide bonds. The second-order valence-electron chi connectivity index (χ2n) is 7.76. The normalized spacial score (nSPS) is 18.7. The number of amides is 1. The molecule has 0 radical (unpaired) electrons. The zero-order chi connectivity index (χ0) is 20.5. The van der Waals surface area contributed by atoms with Crippen LogP contribution in [0.4, 0.5) is 0 Å². The fourth-order valence-corrected chi connectivity index (χ4v) is 4.95. The number of carbonyl (C=O) groups excluding carboxylic acids is 1. The van der Waals surface area contributed by atoms with Crippen molar-refractivity contribution in [3.8, 4) is 22.4 Å². The van der Waals surface area contributed by atoms with Crippen molar-refractivity contribution >= 4 is 27.5 Å². The van der Waals surface area contributed by atoms with Crippen molar-refractivity contribution in [3.05, 3.63) is 54.2 Å². The number of hydrogen-bond donors (Lipinski definition) is 1. The van der Waals surface area contributed by atoms with Crippen LogP contribution >= 0.6 is 11.3 Å². The summed E-state index contributed by atoms with van der Waals surface area (Å²) < 4.78 is 3.22. The zero-order valence-electron chi connectivity index (χ0n) is 16.8. The summed E-state index contributed by atoms with van der Waals surface area (Å²) in [6.45, 7) is 1.89. The number of rotatable bonds is 5. The average molecular weight is 418 g/mol. The van der Waals surface area contributed by atoms with Gasteiger partial charge in [0.25, 0.3) is 0 Å². The number of fused-ring (bicyclic) bond motifs is 1. The molecule has 5 rings (SSSR count). The minimum Gasteiger partial charge on any atom is -0.353 e. The Kier molecular flexibility index (Phi) is 5.04. The van der Waals surface area contributed by atoms with E-state index in [2.05, 4.69) is 63.1 Å². The summed E-state index contributed by atoms with van der Waals surface area (Å²) in [5.41, 5.74) is 7.41. The van der Waals surface area contributed by atoms with Crippen molar-refractivity contribution in [1.82, 2.24) is 25.3 Å². The highest BCUT2D eigenvalue weighted by Crippen LogP contribution is 2.34. The summed E-state index contributed by atoms with van der Waals surface area (Å²) in [5.74, 6) is 0.117. The third kappa shape index (κ3) is 3.61. The largest absolute Gasteiger partial charge is 0.353 e. The van der Waals surface area contributed by atoms with Gasteiger partial charge in [0.1, 0.15) is 0 Å². The molecule has 1 aliphatic rings. The zero-order valence-corrected chi connectivity index (χ0v) is 17.6. The predicted molar refractivity (Wildman–Crippen MR) is 119 cm³/mol. The predicted octanol–water partition coefficient (Wildman–Crippen LogP) is 4.84. The summed E-state index contributed by atoms with van der Waals surface area (Å²) in [4.78, 5) is 16.1. The van der Waals surface area contributed by atoms with E-state index in [9.17, 15) is 4.79 Å². The molecule has 4 aromatic rings. The van der Waals surface area contributed by atoms with Gasteiger partial charge in [0.15, 0.2) is 0 Å². The van der Waals surface area contributed by atoms with E-state index in [-0.39, 0.29) is 18.0 Å². The number of nitrogens with zero attached hydrogens (tertiary/aromatic N) is 4. The van der Waals surface area contributed by atoms with Crippen LogP contribution < -0.4 is 5.32 Å². The number of aromatic nitrogens is 4. The Morgan fingerprint density at radius 1 is 1.13 bits per heavy atom. The highest BCUT2D eigenvalue weighted by molar-refractivity contribution is 7.16. The molecule has 1 saturated carbocycles. The first-order valence-electron chi connectivity index (χ1n) is 10.3.